The zero-order valence-electron chi connectivity index (χ0n) is 24.3. The van der Waals surface area contributed by atoms with E-state index in [-0.39, 0.29) is 47.0 Å². The smallest absolute Gasteiger partial charge is 0.264 e. The van der Waals surface area contributed by atoms with Gasteiger partial charge in [-0.3, -0.25) is 13.9 Å². The van der Waals surface area contributed by atoms with Crippen LogP contribution in [0.3, 0.4) is 0 Å². The Bertz CT molecular complexity index is 1490. The Balaban J connectivity index is 1.73. The first kappa shape index (κ1) is 31.0. The summed E-state index contributed by atoms with van der Waals surface area (Å²) < 4.78 is 49.6. The van der Waals surface area contributed by atoms with Crippen molar-refractivity contribution in [3.8, 4) is 5.75 Å². The Kier molecular flexibility index (Phi) is 10.2. The molecule has 42 heavy (non-hydrogen) atoms. The van der Waals surface area contributed by atoms with Crippen LogP contribution in [0.2, 0.25) is 0 Å². The largest absolute Gasteiger partial charge is 0.492 e. The number of nitrogens with one attached hydrogen (secondary N) is 1. The lowest BCUT2D eigenvalue weighted by molar-refractivity contribution is -0.139. The standard InChI is InChI=1S/C32H38FN3O5S/c1-4-41-30-16-10-9-15-29(30)36(42(39,40)27-19-17-23(2)18-20-27)22-31(37)35(21-25-11-5-8-14-28(25)33)24(3)32(38)34-26-12-6-7-13-26/h5,8-11,14-20,24,26H,4,6-7,12-13,21-22H2,1-3H3,(H,34,38)/t24-/m0/s1. The minimum atomic E-state index is -4.25. The summed E-state index contributed by atoms with van der Waals surface area (Å²) in [7, 11) is -4.25. The summed E-state index contributed by atoms with van der Waals surface area (Å²) in [4.78, 5) is 28.7. The van der Waals surface area contributed by atoms with Crippen LogP contribution in [-0.4, -0.2) is 50.4 Å². The lowest BCUT2D eigenvalue weighted by Gasteiger charge is -2.33. The predicted octanol–water partition coefficient (Wildman–Crippen LogP) is 5.20. The fourth-order valence-electron chi connectivity index (χ4n) is 5.08. The molecule has 0 unspecified atom stereocenters. The number of benzene rings is 3. The molecular weight excluding hydrogens is 557 g/mol. The first-order chi connectivity index (χ1) is 20.1. The van der Waals surface area contributed by atoms with Gasteiger partial charge in [-0.25, -0.2) is 12.8 Å². The van der Waals surface area contributed by atoms with Gasteiger partial charge in [0.05, 0.1) is 17.2 Å². The molecule has 0 aromatic heterocycles. The highest BCUT2D eigenvalue weighted by Crippen LogP contribution is 2.33. The molecule has 3 aromatic carbocycles. The monoisotopic (exact) mass is 595 g/mol. The Morgan fingerprint density at radius 1 is 1.00 bits per heavy atom. The van der Waals surface area contributed by atoms with Gasteiger partial charge in [0, 0.05) is 18.2 Å². The maximum absolute atomic E-state index is 14.8. The number of nitrogens with zero attached hydrogens (tertiary/aromatic N) is 2. The van der Waals surface area contributed by atoms with Crippen LogP contribution in [0, 0.1) is 12.7 Å². The average molecular weight is 596 g/mol. The number of anilines is 1. The summed E-state index contributed by atoms with van der Waals surface area (Å²) in [6.45, 7) is 4.64. The Morgan fingerprint density at radius 3 is 2.31 bits per heavy atom. The van der Waals surface area contributed by atoms with Crippen LogP contribution in [0.15, 0.2) is 77.7 Å². The van der Waals surface area contributed by atoms with Gasteiger partial charge in [-0.15, -0.1) is 0 Å². The number of para-hydroxylation sites is 2. The number of rotatable bonds is 12. The first-order valence-electron chi connectivity index (χ1n) is 14.3. The number of carbonyl (C=O) groups excluding carboxylic acids is 2. The van der Waals surface area contributed by atoms with E-state index in [2.05, 4.69) is 5.32 Å². The normalized spacial score (nSPS) is 14.3. The Labute approximate surface area is 247 Å². The fourth-order valence-corrected chi connectivity index (χ4v) is 6.50. The Hall–Kier alpha value is -3.92. The quantitative estimate of drug-likeness (QED) is 0.310. The maximum atomic E-state index is 14.8. The summed E-state index contributed by atoms with van der Waals surface area (Å²) in [6.07, 6.45) is 3.75. The van der Waals surface area contributed by atoms with Crippen LogP contribution in [0.5, 0.6) is 5.75 Å². The molecule has 8 nitrogen and oxygen atoms in total. The van der Waals surface area contributed by atoms with Gasteiger partial charge in [-0.1, -0.05) is 60.9 Å². The second kappa shape index (κ2) is 13.8. The van der Waals surface area contributed by atoms with Crippen molar-refractivity contribution < 1.29 is 27.1 Å². The number of carbonyl (C=O) groups is 2. The van der Waals surface area contributed by atoms with E-state index in [1.54, 1.807) is 68.4 Å². The van der Waals surface area contributed by atoms with Crippen molar-refractivity contribution in [2.75, 3.05) is 17.5 Å². The van der Waals surface area contributed by atoms with E-state index in [0.717, 1.165) is 35.6 Å². The van der Waals surface area contributed by atoms with Crippen LogP contribution in [-0.2, 0) is 26.2 Å². The molecule has 0 saturated heterocycles. The molecule has 4 rings (SSSR count). The zero-order chi connectivity index (χ0) is 30.3. The average Bonchev–Trinajstić information content (AvgIpc) is 3.49. The molecule has 1 N–H and O–H groups in total. The van der Waals surface area contributed by atoms with Gasteiger partial charge in [0.15, 0.2) is 0 Å². The van der Waals surface area contributed by atoms with Crippen LogP contribution in [0.25, 0.3) is 0 Å². The van der Waals surface area contributed by atoms with Gasteiger partial charge in [0.25, 0.3) is 10.0 Å². The highest BCUT2D eigenvalue weighted by molar-refractivity contribution is 7.92. The molecule has 1 aliphatic rings. The van der Waals surface area contributed by atoms with Gasteiger partial charge in [-0.2, -0.15) is 0 Å². The van der Waals surface area contributed by atoms with E-state index in [4.69, 9.17) is 4.74 Å². The van der Waals surface area contributed by atoms with Crippen molar-refractivity contribution in [3.63, 3.8) is 0 Å². The molecule has 0 heterocycles. The minimum Gasteiger partial charge on any atom is -0.492 e. The molecule has 224 valence electrons. The van der Waals surface area contributed by atoms with E-state index < -0.39 is 34.3 Å². The van der Waals surface area contributed by atoms with Crippen molar-refractivity contribution in [1.82, 2.24) is 10.2 Å². The Morgan fingerprint density at radius 2 is 1.64 bits per heavy atom. The number of ether oxygens (including phenoxy) is 1. The predicted molar refractivity (Wildman–Crippen MR) is 160 cm³/mol. The molecule has 3 aromatic rings. The molecule has 0 spiro atoms. The molecule has 0 aliphatic heterocycles. The number of sulfonamides is 1. The van der Waals surface area contributed by atoms with Gasteiger partial charge in [0.2, 0.25) is 11.8 Å². The zero-order valence-corrected chi connectivity index (χ0v) is 25.1. The molecule has 0 radical (unpaired) electrons. The molecule has 1 aliphatic carbocycles. The number of halogens is 1. The highest BCUT2D eigenvalue weighted by Gasteiger charge is 2.34. The summed E-state index contributed by atoms with van der Waals surface area (Å²) in [5.41, 5.74) is 1.28. The minimum absolute atomic E-state index is 0.000111. The van der Waals surface area contributed by atoms with Crippen molar-refractivity contribution in [1.29, 1.82) is 0 Å². The first-order valence-corrected chi connectivity index (χ1v) is 15.7. The summed E-state index contributed by atoms with van der Waals surface area (Å²) >= 11 is 0. The maximum Gasteiger partial charge on any atom is 0.264 e. The van der Waals surface area contributed by atoms with Gasteiger partial charge >= 0.3 is 0 Å². The third kappa shape index (κ3) is 7.28. The van der Waals surface area contributed by atoms with E-state index in [1.165, 1.54) is 23.1 Å². The van der Waals surface area contributed by atoms with Crippen molar-refractivity contribution in [2.45, 2.75) is 70.0 Å². The number of amides is 2. The van der Waals surface area contributed by atoms with Crippen LogP contribution in [0.1, 0.15) is 50.7 Å². The molecular formula is C32H38FN3O5S. The molecule has 1 saturated carbocycles. The van der Waals surface area contributed by atoms with Gasteiger partial charge in [0.1, 0.15) is 24.2 Å². The summed E-state index contributed by atoms with van der Waals surface area (Å²) in [6, 6.07) is 18.0. The molecule has 1 fully saturated rings. The van der Waals surface area contributed by atoms with E-state index in [9.17, 15) is 22.4 Å². The lowest BCUT2D eigenvalue weighted by Crippen LogP contribution is -2.52. The second-order valence-corrected chi connectivity index (χ2v) is 12.4. The molecule has 10 heteroatoms. The van der Waals surface area contributed by atoms with Crippen molar-refractivity contribution in [2.24, 2.45) is 0 Å². The van der Waals surface area contributed by atoms with Gasteiger partial charge in [-0.05, 0) is 63.9 Å². The SMILES string of the molecule is CCOc1ccccc1N(CC(=O)N(Cc1ccccc1F)[C@@H](C)C(=O)NC1CCCC1)S(=O)(=O)c1ccc(C)cc1. The number of hydrogen-bond acceptors (Lipinski definition) is 5. The summed E-state index contributed by atoms with van der Waals surface area (Å²) in [5.74, 6) is -1.26. The molecule has 0 bridgehead atoms. The molecule has 1 atom stereocenters. The van der Waals surface area contributed by atoms with Crippen LogP contribution >= 0.6 is 0 Å². The second-order valence-electron chi connectivity index (χ2n) is 10.5. The fraction of sp³-hybridized carbons (Fsp3) is 0.375. The number of hydrogen-bond donors (Lipinski definition) is 1. The summed E-state index contributed by atoms with van der Waals surface area (Å²) in [5, 5.41) is 3.01. The van der Waals surface area contributed by atoms with Crippen LogP contribution in [0.4, 0.5) is 10.1 Å². The van der Waals surface area contributed by atoms with Crippen LogP contribution < -0.4 is 14.4 Å². The lowest BCUT2D eigenvalue weighted by atomic mass is 10.1. The van der Waals surface area contributed by atoms with Crippen molar-refractivity contribution >= 4 is 27.5 Å². The van der Waals surface area contributed by atoms with E-state index in [0.29, 0.717) is 0 Å². The highest BCUT2D eigenvalue weighted by atomic mass is 32.2. The van der Waals surface area contributed by atoms with E-state index in [1.807, 2.05) is 6.92 Å². The third-order valence-electron chi connectivity index (χ3n) is 7.49. The number of aryl methyl sites for hydroxylation is 1. The van der Waals surface area contributed by atoms with Gasteiger partial charge < -0.3 is 15.0 Å². The van der Waals surface area contributed by atoms with E-state index >= 15 is 0 Å². The van der Waals surface area contributed by atoms with Crippen molar-refractivity contribution in [3.05, 3.63) is 89.7 Å². The topological polar surface area (TPSA) is 96.0 Å². The third-order valence-corrected chi connectivity index (χ3v) is 9.26. The molecule has 2 amide bonds.